The molecule has 0 aliphatic heterocycles. The van der Waals surface area contributed by atoms with Gasteiger partial charge in [0.1, 0.15) is 5.82 Å². The van der Waals surface area contributed by atoms with E-state index in [2.05, 4.69) is 34.6 Å². The number of hydrogen-bond donors (Lipinski definition) is 1. The predicted octanol–water partition coefficient (Wildman–Crippen LogP) is 2.29. The van der Waals surface area contributed by atoms with E-state index in [-0.39, 0.29) is 12.4 Å². The molecule has 100 valence electrons. The Morgan fingerprint density at radius 2 is 1.83 bits per heavy atom. The van der Waals surface area contributed by atoms with E-state index in [9.17, 15) is 0 Å². The number of nitrogens with one attached hydrogen (secondary N) is 1. The fraction of sp³-hybridized carbons (Fsp3) is 0.500. The minimum atomic E-state index is 0. The fourth-order valence-electron chi connectivity index (χ4n) is 1.94. The minimum Gasteiger partial charge on any atom is -0.365 e. The molecule has 2 rings (SSSR count). The number of rotatable bonds is 4. The number of halogens is 1. The van der Waals surface area contributed by atoms with Crippen molar-refractivity contribution in [1.82, 2.24) is 19.6 Å². The first-order valence-electron chi connectivity index (χ1n) is 5.88. The second-order valence-corrected chi connectivity index (χ2v) is 4.24. The lowest BCUT2D eigenvalue weighted by molar-refractivity contribution is 0.653. The molecule has 0 radical (unpaired) electrons. The largest absolute Gasteiger partial charge is 0.365 e. The molecule has 2 aromatic heterocycles. The summed E-state index contributed by atoms with van der Waals surface area (Å²) in [6.07, 6.45) is 0. The van der Waals surface area contributed by atoms with Crippen molar-refractivity contribution in [1.29, 1.82) is 0 Å². The maximum absolute atomic E-state index is 4.40. The SMILES string of the molecule is CCn1nc(C)cc1NCc1cc(C)nn1C.Cl. The average molecular weight is 270 g/mol. The number of aromatic nitrogens is 4. The third kappa shape index (κ3) is 3.04. The van der Waals surface area contributed by atoms with Crippen LogP contribution in [0.1, 0.15) is 24.0 Å². The summed E-state index contributed by atoms with van der Waals surface area (Å²) in [6, 6.07) is 4.15. The van der Waals surface area contributed by atoms with Gasteiger partial charge in [-0.2, -0.15) is 10.2 Å². The molecule has 0 spiro atoms. The standard InChI is InChI=1S/C12H19N5.ClH/c1-5-17-12(7-10(3)15-17)13-8-11-6-9(2)14-16(11)4;/h6-7,13H,5,8H2,1-4H3;1H. The Morgan fingerprint density at radius 1 is 1.17 bits per heavy atom. The van der Waals surface area contributed by atoms with Crippen LogP contribution in [-0.2, 0) is 20.1 Å². The van der Waals surface area contributed by atoms with Crippen molar-refractivity contribution in [3.63, 3.8) is 0 Å². The van der Waals surface area contributed by atoms with E-state index in [0.29, 0.717) is 0 Å². The second-order valence-electron chi connectivity index (χ2n) is 4.24. The zero-order chi connectivity index (χ0) is 12.4. The van der Waals surface area contributed by atoms with E-state index in [1.165, 1.54) is 5.69 Å². The van der Waals surface area contributed by atoms with Crippen LogP contribution in [0.4, 0.5) is 5.82 Å². The number of nitrogens with zero attached hydrogens (tertiary/aromatic N) is 4. The van der Waals surface area contributed by atoms with Crippen LogP contribution >= 0.6 is 12.4 Å². The van der Waals surface area contributed by atoms with Crippen LogP contribution in [0.25, 0.3) is 0 Å². The van der Waals surface area contributed by atoms with E-state index in [4.69, 9.17) is 0 Å². The highest BCUT2D eigenvalue weighted by molar-refractivity contribution is 5.85. The summed E-state index contributed by atoms with van der Waals surface area (Å²) in [6.45, 7) is 7.74. The number of aryl methyl sites for hydroxylation is 4. The van der Waals surface area contributed by atoms with Gasteiger partial charge in [0, 0.05) is 19.7 Å². The highest BCUT2D eigenvalue weighted by Crippen LogP contribution is 2.12. The van der Waals surface area contributed by atoms with Gasteiger partial charge >= 0.3 is 0 Å². The highest BCUT2D eigenvalue weighted by Gasteiger charge is 2.05. The molecule has 0 aliphatic rings. The minimum absolute atomic E-state index is 0. The normalized spacial score (nSPS) is 10.2. The van der Waals surface area contributed by atoms with Gasteiger partial charge in [-0.15, -0.1) is 12.4 Å². The Morgan fingerprint density at radius 3 is 2.39 bits per heavy atom. The maximum Gasteiger partial charge on any atom is 0.124 e. The lowest BCUT2D eigenvalue weighted by Gasteiger charge is -2.07. The molecule has 0 saturated carbocycles. The maximum atomic E-state index is 4.40. The molecular formula is C12H20ClN5. The van der Waals surface area contributed by atoms with Crippen molar-refractivity contribution in [2.24, 2.45) is 7.05 Å². The van der Waals surface area contributed by atoms with Crippen molar-refractivity contribution in [2.45, 2.75) is 33.9 Å². The summed E-state index contributed by atoms with van der Waals surface area (Å²) in [4.78, 5) is 0. The molecule has 0 unspecified atom stereocenters. The summed E-state index contributed by atoms with van der Waals surface area (Å²) in [5.74, 6) is 1.06. The molecule has 18 heavy (non-hydrogen) atoms. The molecule has 0 bridgehead atoms. The van der Waals surface area contributed by atoms with Gasteiger partial charge in [0.15, 0.2) is 0 Å². The van der Waals surface area contributed by atoms with Crippen LogP contribution in [0.5, 0.6) is 0 Å². The summed E-state index contributed by atoms with van der Waals surface area (Å²) in [5.41, 5.74) is 3.25. The molecule has 5 nitrogen and oxygen atoms in total. The topological polar surface area (TPSA) is 47.7 Å². The summed E-state index contributed by atoms with van der Waals surface area (Å²) in [7, 11) is 1.96. The van der Waals surface area contributed by atoms with Crippen LogP contribution in [0, 0.1) is 13.8 Å². The van der Waals surface area contributed by atoms with Crippen LogP contribution in [0.15, 0.2) is 12.1 Å². The second kappa shape index (κ2) is 5.91. The smallest absolute Gasteiger partial charge is 0.124 e. The average Bonchev–Trinajstić information content (AvgIpc) is 2.78. The van der Waals surface area contributed by atoms with Crippen molar-refractivity contribution < 1.29 is 0 Å². The predicted molar refractivity (Wildman–Crippen MR) is 75.2 cm³/mol. The third-order valence-electron chi connectivity index (χ3n) is 2.75. The molecule has 0 aliphatic carbocycles. The molecule has 0 fully saturated rings. The number of hydrogen-bond acceptors (Lipinski definition) is 3. The van der Waals surface area contributed by atoms with Crippen molar-refractivity contribution in [3.05, 3.63) is 29.2 Å². The van der Waals surface area contributed by atoms with Gasteiger partial charge in [-0.25, -0.2) is 4.68 Å². The Labute approximate surface area is 114 Å². The Balaban J connectivity index is 0.00000162. The van der Waals surface area contributed by atoms with Gasteiger partial charge in [0.25, 0.3) is 0 Å². The highest BCUT2D eigenvalue weighted by atomic mass is 35.5. The van der Waals surface area contributed by atoms with Gasteiger partial charge in [-0.1, -0.05) is 0 Å². The number of anilines is 1. The van der Waals surface area contributed by atoms with Gasteiger partial charge in [0.2, 0.25) is 0 Å². The zero-order valence-corrected chi connectivity index (χ0v) is 12.1. The van der Waals surface area contributed by atoms with Crippen LogP contribution in [0.2, 0.25) is 0 Å². The summed E-state index contributed by atoms with van der Waals surface area (Å²) in [5, 5.41) is 12.1. The van der Waals surface area contributed by atoms with Crippen LogP contribution in [0.3, 0.4) is 0 Å². The summed E-state index contributed by atoms with van der Waals surface area (Å²) >= 11 is 0. The Bertz CT molecular complexity index is 515. The lowest BCUT2D eigenvalue weighted by atomic mass is 10.3. The van der Waals surface area contributed by atoms with E-state index in [0.717, 1.165) is 30.3 Å². The molecule has 2 aromatic rings. The van der Waals surface area contributed by atoms with Gasteiger partial charge in [-0.3, -0.25) is 4.68 Å². The van der Waals surface area contributed by atoms with Crippen LogP contribution in [-0.4, -0.2) is 19.6 Å². The van der Waals surface area contributed by atoms with Gasteiger partial charge in [-0.05, 0) is 26.8 Å². The Hall–Kier alpha value is -1.49. The first-order valence-corrected chi connectivity index (χ1v) is 5.88. The van der Waals surface area contributed by atoms with Crippen LogP contribution < -0.4 is 5.32 Å². The van der Waals surface area contributed by atoms with E-state index >= 15 is 0 Å². The van der Waals surface area contributed by atoms with Crippen molar-refractivity contribution >= 4 is 18.2 Å². The molecule has 2 heterocycles. The molecule has 0 aromatic carbocycles. The third-order valence-corrected chi connectivity index (χ3v) is 2.75. The van der Waals surface area contributed by atoms with Gasteiger partial charge < -0.3 is 5.32 Å². The molecule has 0 saturated heterocycles. The van der Waals surface area contributed by atoms with Crippen molar-refractivity contribution in [3.8, 4) is 0 Å². The molecule has 1 N–H and O–H groups in total. The van der Waals surface area contributed by atoms with Crippen molar-refractivity contribution in [2.75, 3.05) is 5.32 Å². The van der Waals surface area contributed by atoms with E-state index in [1.54, 1.807) is 0 Å². The summed E-state index contributed by atoms with van der Waals surface area (Å²) < 4.78 is 3.88. The first-order chi connectivity index (χ1) is 8.10. The molecule has 0 amide bonds. The van der Waals surface area contributed by atoms with E-state index < -0.39 is 0 Å². The fourth-order valence-corrected chi connectivity index (χ4v) is 1.94. The Kier molecular flexibility index (Phi) is 4.78. The molecular weight excluding hydrogens is 250 g/mol. The monoisotopic (exact) mass is 269 g/mol. The van der Waals surface area contributed by atoms with E-state index in [1.807, 2.05) is 30.3 Å². The first kappa shape index (κ1) is 14.6. The quantitative estimate of drug-likeness (QED) is 0.926. The zero-order valence-electron chi connectivity index (χ0n) is 11.3. The molecule has 6 heteroatoms. The lowest BCUT2D eigenvalue weighted by Crippen LogP contribution is -2.09. The van der Waals surface area contributed by atoms with Gasteiger partial charge in [0.05, 0.1) is 23.6 Å². The molecule has 0 atom stereocenters.